The van der Waals surface area contributed by atoms with Gasteiger partial charge in [0.1, 0.15) is 17.3 Å². The Morgan fingerprint density at radius 3 is 2.75 bits per heavy atom. The Balaban J connectivity index is 2.60. The summed E-state index contributed by atoms with van der Waals surface area (Å²) in [5, 5.41) is 4.46. The summed E-state index contributed by atoms with van der Waals surface area (Å²) in [6.45, 7) is 4.16. The SMILES string of the molecule is CCc1occc1-c1nn(C)c(N)c1CC. The van der Waals surface area contributed by atoms with E-state index >= 15 is 0 Å². The van der Waals surface area contributed by atoms with Crippen LogP contribution in [0.15, 0.2) is 16.7 Å². The Morgan fingerprint density at radius 2 is 2.12 bits per heavy atom. The van der Waals surface area contributed by atoms with Crippen molar-refractivity contribution in [1.29, 1.82) is 0 Å². The van der Waals surface area contributed by atoms with Crippen LogP contribution in [0.1, 0.15) is 25.2 Å². The molecule has 4 nitrogen and oxygen atoms in total. The molecule has 0 amide bonds. The van der Waals surface area contributed by atoms with E-state index in [1.54, 1.807) is 10.9 Å². The summed E-state index contributed by atoms with van der Waals surface area (Å²) in [5.41, 5.74) is 9.09. The second kappa shape index (κ2) is 4.04. The van der Waals surface area contributed by atoms with Gasteiger partial charge in [-0.25, -0.2) is 0 Å². The van der Waals surface area contributed by atoms with Crippen LogP contribution in [0, 0.1) is 0 Å². The van der Waals surface area contributed by atoms with Crippen molar-refractivity contribution in [3.8, 4) is 11.3 Å². The van der Waals surface area contributed by atoms with Crippen molar-refractivity contribution in [2.75, 3.05) is 5.73 Å². The monoisotopic (exact) mass is 219 g/mol. The molecule has 2 N–H and O–H groups in total. The van der Waals surface area contributed by atoms with Crippen molar-refractivity contribution in [2.24, 2.45) is 7.05 Å². The molecular weight excluding hydrogens is 202 g/mol. The van der Waals surface area contributed by atoms with E-state index in [0.29, 0.717) is 0 Å². The van der Waals surface area contributed by atoms with E-state index in [2.05, 4.69) is 18.9 Å². The molecule has 0 saturated heterocycles. The maximum atomic E-state index is 5.98. The maximum Gasteiger partial charge on any atom is 0.125 e. The molecule has 4 heteroatoms. The molecule has 0 aliphatic rings. The van der Waals surface area contributed by atoms with E-state index in [4.69, 9.17) is 10.2 Å². The fourth-order valence-electron chi connectivity index (χ4n) is 1.97. The molecule has 0 bridgehead atoms. The number of nitrogen functional groups attached to an aromatic ring is 1. The minimum atomic E-state index is 0.737. The van der Waals surface area contributed by atoms with Crippen molar-refractivity contribution in [3.63, 3.8) is 0 Å². The van der Waals surface area contributed by atoms with Gasteiger partial charge >= 0.3 is 0 Å². The van der Waals surface area contributed by atoms with Gasteiger partial charge in [-0.2, -0.15) is 5.10 Å². The average Bonchev–Trinajstić information content (AvgIpc) is 2.84. The molecule has 0 aliphatic carbocycles. The number of aromatic nitrogens is 2. The smallest absolute Gasteiger partial charge is 0.125 e. The Kier molecular flexibility index (Phi) is 2.73. The summed E-state index contributed by atoms with van der Waals surface area (Å²) in [7, 11) is 1.86. The molecule has 0 aromatic carbocycles. The van der Waals surface area contributed by atoms with Crippen LogP contribution in [0.25, 0.3) is 11.3 Å². The van der Waals surface area contributed by atoms with Crippen LogP contribution >= 0.6 is 0 Å². The lowest BCUT2D eigenvalue weighted by molar-refractivity contribution is 0.517. The highest BCUT2D eigenvalue weighted by atomic mass is 16.3. The van der Waals surface area contributed by atoms with Gasteiger partial charge in [-0.3, -0.25) is 4.68 Å². The molecule has 0 radical (unpaired) electrons. The Bertz CT molecular complexity index is 496. The van der Waals surface area contributed by atoms with Gasteiger partial charge in [0.25, 0.3) is 0 Å². The largest absolute Gasteiger partial charge is 0.469 e. The van der Waals surface area contributed by atoms with Crippen LogP contribution in [0.2, 0.25) is 0 Å². The van der Waals surface area contributed by atoms with E-state index in [-0.39, 0.29) is 0 Å². The molecule has 86 valence electrons. The highest BCUT2D eigenvalue weighted by Crippen LogP contribution is 2.30. The highest BCUT2D eigenvalue weighted by molar-refractivity contribution is 5.69. The third kappa shape index (κ3) is 1.50. The summed E-state index contributed by atoms with van der Waals surface area (Å²) >= 11 is 0. The number of nitrogens with zero attached hydrogens (tertiary/aromatic N) is 2. The third-order valence-corrected chi connectivity index (χ3v) is 2.87. The molecule has 0 saturated carbocycles. The zero-order chi connectivity index (χ0) is 11.7. The first-order valence-electron chi connectivity index (χ1n) is 5.57. The first-order chi connectivity index (χ1) is 7.69. The lowest BCUT2D eigenvalue weighted by Crippen LogP contribution is -1.98. The van der Waals surface area contributed by atoms with Crippen molar-refractivity contribution in [2.45, 2.75) is 26.7 Å². The normalized spacial score (nSPS) is 10.9. The Hall–Kier alpha value is -1.71. The predicted molar refractivity (Wildman–Crippen MR) is 64.1 cm³/mol. The third-order valence-electron chi connectivity index (χ3n) is 2.87. The van der Waals surface area contributed by atoms with Gasteiger partial charge in [0.2, 0.25) is 0 Å². The van der Waals surface area contributed by atoms with E-state index in [9.17, 15) is 0 Å². The Labute approximate surface area is 95.1 Å². The number of hydrogen-bond acceptors (Lipinski definition) is 3. The quantitative estimate of drug-likeness (QED) is 0.862. The van der Waals surface area contributed by atoms with Crippen molar-refractivity contribution >= 4 is 5.82 Å². The zero-order valence-corrected chi connectivity index (χ0v) is 9.95. The minimum Gasteiger partial charge on any atom is -0.469 e. The predicted octanol–water partition coefficient (Wildman–Crippen LogP) is 2.39. The molecule has 2 aromatic heterocycles. The van der Waals surface area contributed by atoms with E-state index in [0.717, 1.165) is 41.2 Å². The highest BCUT2D eigenvalue weighted by Gasteiger charge is 2.17. The summed E-state index contributed by atoms with van der Waals surface area (Å²) in [5.74, 6) is 1.70. The number of nitrogens with two attached hydrogens (primary N) is 1. The van der Waals surface area contributed by atoms with Gasteiger partial charge in [-0.1, -0.05) is 13.8 Å². The van der Waals surface area contributed by atoms with Crippen LogP contribution in [-0.2, 0) is 19.9 Å². The van der Waals surface area contributed by atoms with Gasteiger partial charge in [0.15, 0.2) is 0 Å². The lowest BCUT2D eigenvalue weighted by atomic mass is 10.1. The van der Waals surface area contributed by atoms with Crippen LogP contribution in [0.4, 0.5) is 5.82 Å². The first-order valence-corrected chi connectivity index (χ1v) is 5.57. The number of anilines is 1. The molecule has 2 aromatic rings. The molecular formula is C12H17N3O. The molecule has 0 fully saturated rings. The fourth-order valence-corrected chi connectivity index (χ4v) is 1.97. The number of rotatable bonds is 3. The Morgan fingerprint density at radius 1 is 1.38 bits per heavy atom. The van der Waals surface area contributed by atoms with Crippen molar-refractivity contribution in [1.82, 2.24) is 9.78 Å². The van der Waals surface area contributed by atoms with E-state index in [1.165, 1.54) is 0 Å². The molecule has 0 aliphatic heterocycles. The van der Waals surface area contributed by atoms with E-state index in [1.807, 2.05) is 13.1 Å². The lowest BCUT2D eigenvalue weighted by Gasteiger charge is -1.99. The van der Waals surface area contributed by atoms with Gasteiger partial charge in [0.05, 0.1) is 6.26 Å². The molecule has 0 unspecified atom stereocenters. The topological polar surface area (TPSA) is 57.0 Å². The van der Waals surface area contributed by atoms with Gasteiger partial charge in [-0.15, -0.1) is 0 Å². The van der Waals surface area contributed by atoms with Gasteiger partial charge < -0.3 is 10.2 Å². The number of aryl methyl sites for hydroxylation is 2. The molecule has 2 heterocycles. The first kappa shape index (κ1) is 10.8. The summed E-state index contributed by atoms with van der Waals surface area (Å²) in [4.78, 5) is 0. The molecule has 2 rings (SSSR count). The van der Waals surface area contributed by atoms with Crippen LogP contribution in [0.5, 0.6) is 0 Å². The van der Waals surface area contributed by atoms with Crippen LogP contribution < -0.4 is 5.73 Å². The summed E-state index contributed by atoms with van der Waals surface area (Å²) in [6.07, 6.45) is 3.45. The van der Waals surface area contributed by atoms with Crippen molar-refractivity contribution in [3.05, 3.63) is 23.7 Å². The zero-order valence-electron chi connectivity index (χ0n) is 9.95. The summed E-state index contributed by atoms with van der Waals surface area (Å²) < 4.78 is 7.15. The van der Waals surface area contributed by atoms with Crippen molar-refractivity contribution < 1.29 is 4.42 Å². The standard InChI is InChI=1S/C12H17N3O/c1-4-8-11(14-15(3)12(8)13)9-6-7-16-10(9)5-2/h6-7H,4-5,13H2,1-3H3. The van der Waals surface area contributed by atoms with Crippen LogP contribution in [-0.4, -0.2) is 9.78 Å². The summed E-state index contributed by atoms with van der Waals surface area (Å²) in [6, 6.07) is 1.96. The molecule has 0 spiro atoms. The number of hydrogen-bond donors (Lipinski definition) is 1. The van der Waals surface area contributed by atoms with Crippen LogP contribution in [0.3, 0.4) is 0 Å². The second-order valence-corrected chi connectivity index (χ2v) is 3.80. The minimum absolute atomic E-state index is 0.737. The average molecular weight is 219 g/mol. The van der Waals surface area contributed by atoms with E-state index < -0.39 is 0 Å². The van der Waals surface area contributed by atoms with Gasteiger partial charge in [-0.05, 0) is 12.5 Å². The number of furan rings is 1. The maximum absolute atomic E-state index is 5.98. The van der Waals surface area contributed by atoms with Gasteiger partial charge in [0, 0.05) is 24.6 Å². The second-order valence-electron chi connectivity index (χ2n) is 3.80. The molecule has 0 atom stereocenters. The fraction of sp³-hybridized carbons (Fsp3) is 0.417. The molecule has 16 heavy (non-hydrogen) atoms.